The van der Waals surface area contributed by atoms with Gasteiger partial charge in [-0.15, -0.1) is 11.3 Å². The molecule has 4 heteroatoms. The van der Waals surface area contributed by atoms with Crippen LogP contribution in [-0.2, 0) is 0 Å². The van der Waals surface area contributed by atoms with Gasteiger partial charge in [-0.25, -0.2) is 4.79 Å². The van der Waals surface area contributed by atoms with Gasteiger partial charge in [0, 0.05) is 10.1 Å². The van der Waals surface area contributed by atoms with E-state index in [4.69, 9.17) is 5.11 Å². The van der Waals surface area contributed by atoms with Crippen LogP contribution in [0, 0.1) is 6.92 Å². The van der Waals surface area contributed by atoms with E-state index in [9.17, 15) is 4.79 Å². The van der Waals surface area contributed by atoms with Gasteiger partial charge in [-0.1, -0.05) is 12.1 Å². The fraction of sp³-hybridized carbons (Fsp3) is 0.0833. The zero-order valence-corrected chi connectivity index (χ0v) is 9.39. The molecular weight excluding hydrogens is 222 g/mol. The van der Waals surface area contributed by atoms with Crippen molar-refractivity contribution in [3.05, 3.63) is 35.5 Å². The van der Waals surface area contributed by atoms with Gasteiger partial charge < -0.3 is 10.1 Å². The zero-order chi connectivity index (χ0) is 11.3. The molecule has 0 fully saturated rings. The number of fused-ring (bicyclic) bond motifs is 3. The first-order valence-electron chi connectivity index (χ1n) is 4.90. The summed E-state index contributed by atoms with van der Waals surface area (Å²) in [5.41, 5.74) is 2.40. The summed E-state index contributed by atoms with van der Waals surface area (Å²) in [7, 11) is 0. The van der Waals surface area contributed by atoms with Crippen LogP contribution in [0.3, 0.4) is 0 Å². The lowest BCUT2D eigenvalue weighted by atomic mass is 10.2. The second-order valence-electron chi connectivity index (χ2n) is 3.83. The number of carboxylic acid groups (broad SMARTS) is 1. The molecule has 0 aliphatic carbocycles. The van der Waals surface area contributed by atoms with E-state index in [1.54, 1.807) is 17.4 Å². The highest BCUT2D eigenvalue weighted by molar-refractivity contribution is 7.25. The molecule has 1 aromatic carbocycles. The van der Waals surface area contributed by atoms with Crippen molar-refractivity contribution in [1.82, 2.24) is 4.98 Å². The summed E-state index contributed by atoms with van der Waals surface area (Å²) in [5.74, 6) is -0.913. The third kappa shape index (κ3) is 1.23. The molecule has 2 N–H and O–H groups in total. The minimum Gasteiger partial charge on any atom is -0.477 e. The number of aryl methyl sites for hydroxylation is 1. The highest BCUT2D eigenvalue weighted by Crippen LogP contribution is 2.34. The molecule has 0 aliphatic heterocycles. The molecule has 3 rings (SSSR count). The summed E-state index contributed by atoms with van der Waals surface area (Å²) >= 11 is 1.62. The van der Waals surface area contributed by atoms with Crippen molar-refractivity contribution >= 4 is 37.6 Å². The van der Waals surface area contributed by atoms with Crippen molar-refractivity contribution in [2.24, 2.45) is 0 Å². The lowest BCUT2D eigenvalue weighted by Gasteiger charge is -1.92. The van der Waals surface area contributed by atoms with E-state index in [0.717, 1.165) is 15.6 Å². The Labute approximate surface area is 95.3 Å². The van der Waals surface area contributed by atoms with Gasteiger partial charge in [0.05, 0.1) is 10.2 Å². The van der Waals surface area contributed by atoms with Gasteiger partial charge in [0.25, 0.3) is 0 Å². The van der Waals surface area contributed by atoms with Gasteiger partial charge in [0.1, 0.15) is 5.69 Å². The number of carbonyl (C=O) groups is 1. The van der Waals surface area contributed by atoms with Gasteiger partial charge in [0.15, 0.2) is 0 Å². The number of aromatic carboxylic acids is 1. The second-order valence-corrected chi connectivity index (χ2v) is 4.91. The standard InChI is InChI=1S/C12H9NO2S/c1-6-2-3-7-9(4-6)16-10-5-8(12(14)15)13-11(7)10/h2-5,13H,1H3,(H,14,15). The second kappa shape index (κ2) is 3.09. The van der Waals surface area contributed by atoms with Crippen LogP contribution in [0.1, 0.15) is 16.1 Å². The van der Waals surface area contributed by atoms with E-state index in [0.29, 0.717) is 0 Å². The Balaban J connectivity index is 2.38. The van der Waals surface area contributed by atoms with Crippen LogP contribution in [-0.4, -0.2) is 16.1 Å². The normalized spacial score (nSPS) is 11.3. The Morgan fingerprint density at radius 1 is 1.31 bits per heavy atom. The van der Waals surface area contributed by atoms with Gasteiger partial charge >= 0.3 is 5.97 Å². The molecule has 0 saturated heterocycles. The van der Waals surface area contributed by atoms with Crippen molar-refractivity contribution in [1.29, 1.82) is 0 Å². The maximum Gasteiger partial charge on any atom is 0.352 e. The Kier molecular flexibility index (Phi) is 1.82. The summed E-state index contributed by atoms with van der Waals surface area (Å²) < 4.78 is 2.19. The van der Waals surface area contributed by atoms with E-state index in [1.165, 1.54) is 10.3 Å². The van der Waals surface area contributed by atoms with Crippen LogP contribution >= 0.6 is 11.3 Å². The number of hydrogen-bond acceptors (Lipinski definition) is 2. The lowest BCUT2D eigenvalue weighted by Crippen LogP contribution is -1.94. The molecule has 0 saturated carbocycles. The van der Waals surface area contributed by atoms with Crippen LogP contribution in [0.5, 0.6) is 0 Å². The summed E-state index contributed by atoms with van der Waals surface area (Å²) in [6.45, 7) is 2.05. The minimum atomic E-state index is -0.913. The molecule has 0 unspecified atom stereocenters. The Hall–Kier alpha value is -1.81. The maximum absolute atomic E-state index is 10.8. The number of aromatic nitrogens is 1. The van der Waals surface area contributed by atoms with Crippen LogP contribution in [0.25, 0.3) is 20.3 Å². The molecule has 0 spiro atoms. The molecule has 16 heavy (non-hydrogen) atoms. The maximum atomic E-state index is 10.8. The third-order valence-electron chi connectivity index (χ3n) is 2.64. The zero-order valence-electron chi connectivity index (χ0n) is 8.57. The van der Waals surface area contributed by atoms with Crippen LogP contribution < -0.4 is 0 Å². The van der Waals surface area contributed by atoms with Gasteiger partial charge in [0.2, 0.25) is 0 Å². The summed E-state index contributed by atoms with van der Waals surface area (Å²) in [4.78, 5) is 13.8. The molecule has 80 valence electrons. The van der Waals surface area contributed by atoms with E-state index < -0.39 is 5.97 Å². The molecule has 0 amide bonds. The van der Waals surface area contributed by atoms with Crippen LogP contribution in [0.4, 0.5) is 0 Å². The van der Waals surface area contributed by atoms with Crippen molar-refractivity contribution in [2.45, 2.75) is 6.92 Å². The summed E-state index contributed by atoms with van der Waals surface area (Å²) in [5, 5.41) is 9.99. The predicted molar refractivity (Wildman–Crippen MR) is 65.4 cm³/mol. The predicted octanol–water partition coefficient (Wildman–Crippen LogP) is 3.39. The number of H-pyrrole nitrogens is 1. The van der Waals surface area contributed by atoms with Crippen molar-refractivity contribution in [2.75, 3.05) is 0 Å². The SMILES string of the molecule is Cc1ccc2c(c1)sc1cc(C(=O)O)[nH]c12. The number of nitrogens with one attached hydrogen (secondary N) is 1. The first kappa shape index (κ1) is 9.42. The number of aromatic amines is 1. The van der Waals surface area contributed by atoms with Gasteiger partial charge in [-0.05, 0) is 24.6 Å². The quantitative estimate of drug-likeness (QED) is 0.674. The number of benzene rings is 1. The molecule has 0 atom stereocenters. The number of rotatable bonds is 1. The molecule has 2 heterocycles. The van der Waals surface area contributed by atoms with E-state index >= 15 is 0 Å². The molecule has 3 aromatic rings. The average Bonchev–Trinajstić information content (AvgIpc) is 2.73. The fourth-order valence-electron chi connectivity index (χ4n) is 1.87. The van der Waals surface area contributed by atoms with Crippen molar-refractivity contribution in [3.63, 3.8) is 0 Å². The first-order chi connectivity index (χ1) is 7.65. The third-order valence-corrected chi connectivity index (χ3v) is 3.74. The molecule has 0 bridgehead atoms. The molecule has 2 aromatic heterocycles. The Bertz CT molecular complexity index is 708. The average molecular weight is 231 g/mol. The Morgan fingerprint density at radius 3 is 2.88 bits per heavy atom. The molecule has 3 nitrogen and oxygen atoms in total. The van der Waals surface area contributed by atoms with Crippen LogP contribution in [0.15, 0.2) is 24.3 Å². The minimum absolute atomic E-state index is 0.253. The monoisotopic (exact) mass is 231 g/mol. The van der Waals surface area contributed by atoms with E-state index in [-0.39, 0.29) is 5.69 Å². The van der Waals surface area contributed by atoms with Crippen LogP contribution in [0.2, 0.25) is 0 Å². The van der Waals surface area contributed by atoms with E-state index in [2.05, 4.69) is 18.0 Å². The van der Waals surface area contributed by atoms with E-state index in [1.807, 2.05) is 12.1 Å². The largest absolute Gasteiger partial charge is 0.477 e. The number of carboxylic acids is 1. The smallest absolute Gasteiger partial charge is 0.352 e. The molecular formula is C12H9NO2S. The topological polar surface area (TPSA) is 53.1 Å². The molecule has 0 radical (unpaired) electrons. The summed E-state index contributed by atoms with van der Waals surface area (Å²) in [6, 6.07) is 7.88. The lowest BCUT2D eigenvalue weighted by molar-refractivity contribution is 0.0691. The van der Waals surface area contributed by atoms with Gasteiger partial charge in [-0.2, -0.15) is 0 Å². The van der Waals surface area contributed by atoms with Crippen molar-refractivity contribution < 1.29 is 9.90 Å². The highest BCUT2D eigenvalue weighted by atomic mass is 32.1. The van der Waals surface area contributed by atoms with Gasteiger partial charge in [-0.3, -0.25) is 0 Å². The molecule has 0 aliphatic rings. The fourth-order valence-corrected chi connectivity index (χ4v) is 3.07. The first-order valence-corrected chi connectivity index (χ1v) is 5.72. The Morgan fingerprint density at radius 2 is 2.12 bits per heavy atom. The van der Waals surface area contributed by atoms with Crippen molar-refractivity contribution in [3.8, 4) is 0 Å². The summed E-state index contributed by atoms with van der Waals surface area (Å²) in [6.07, 6.45) is 0. The number of thiophene rings is 1. The highest BCUT2D eigenvalue weighted by Gasteiger charge is 2.12. The number of hydrogen-bond donors (Lipinski definition) is 2.